The SMILES string of the molecule is COc1ccc(F)c(NCCC(C)(C)C(N)=NO)c1. The lowest BCUT2D eigenvalue weighted by atomic mass is 9.88. The number of nitrogens with two attached hydrogens (primary N) is 1. The van der Waals surface area contributed by atoms with Crippen molar-refractivity contribution in [3.8, 4) is 5.75 Å². The maximum atomic E-state index is 13.5. The summed E-state index contributed by atoms with van der Waals surface area (Å²) in [6, 6.07) is 4.49. The minimum absolute atomic E-state index is 0.153. The van der Waals surface area contributed by atoms with Gasteiger partial charge >= 0.3 is 0 Å². The summed E-state index contributed by atoms with van der Waals surface area (Å²) in [5.74, 6) is 0.391. The predicted octanol–water partition coefficient (Wildman–Crippen LogP) is 2.41. The lowest BCUT2D eigenvalue weighted by molar-refractivity contribution is 0.306. The van der Waals surface area contributed by atoms with Gasteiger partial charge in [0.25, 0.3) is 0 Å². The van der Waals surface area contributed by atoms with Crippen LogP contribution in [0.4, 0.5) is 10.1 Å². The minimum Gasteiger partial charge on any atom is -0.497 e. The molecule has 1 aromatic carbocycles. The van der Waals surface area contributed by atoms with Gasteiger partial charge in [0.2, 0.25) is 0 Å². The number of methoxy groups -OCH3 is 1. The van der Waals surface area contributed by atoms with Gasteiger partial charge in [-0.25, -0.2) is 4.39 Å². The Morgan fingerprint density at radius 1 is 1.53 bits per heavy atom. The number of oxime groups is 1. The molecule has 0 aliphatic carbocycles. The second kappa shape index (κ2) is 6.26. The van der Waals surface area contributed by atoms with E-state index in [2.05, 4.69) is 10.5 Å². The number of nitrogens with zero attached hydrogens (tertiary/aromatic N) is 1. The number of benzene rings is 1. The van der Waals surface area contributed by atoms with Gasteiger partial charge in [-0.05, 0) is 18.6 Å². The van der Waals surface area contributed by atoms with Crippen molar-refractivity contribution < 1.29 is 14.3 Å². The topological polar surface area (TPSA) is 79.9 Å². The monoisotopic (exact) mass is 269 g/mol. The van der Waals surface area contributed by atoms with Gasteiger partial charge in [0.1, 0.15) is 17.4 Å². The van der Waals surface area contributed by atoms with Crippen LogP contribution in [0.25, 0.3) is 0 Å². The molecule has 6 heteroatoms. The molecule has 0 aliphatic rings. The van der Waals surface area contributed by atoms with Crippen molar-refractivity contribution in [2.24, 2.45) is 16.3 Å². The Morgan fingerprint density at radius 2 is 2.21 bits per heavy atom. The molecule has 4 N–H and O–H groups in total. The molecule has 0 saturated heterocycles. The Balaban J connectivity index is 2.63. The molecule has 0 saturated carbocycles. The predicted molar refractivity (Wildman–Crippen MR) is 73.2 cm³/mol. The molecule has 0 bridgehead atoms. The van der Waals surface area contributed by atoms with Crippen molar-refractivity contribution in [1.29, 1.82) is 0 Å². The van der Waals surface area contributed by atoms with Crippen LogP contribution in [0.5, 0.6) is 5.75 Å². The van der Waals surface area contributed by atoms with E-state index in [1.807, 2.05) is 13.8 Å². The first-order chi connectivity index (χ1) is 8.90. The van der Waals surface area contributed by atoms with Crippen LogP contribution in [0.2, 0.25) is 0 Å². The lowest BCUT2D eigenvalue weighted by Gasteiger charge is -2.23. The van der Waals surface area contributed by atoms with Gasteiger partial charge in [-0.3, -0.25) is 0 Å². The number of halogens is 1. The maximum Gasteiger partial charge on any atom is 0.146 e. The molecule has 1 aromatic rings. The highest BCUT2D eigenvalue weighted by Gasteiger charge is 2.23. The number of nitrogens with one attached hydrogen (secondary N) is 1. The molecule has 0 amide bonds. The fraction of sp³-hybridized carbons (Fsp3) is 0.462. The molecule has 19 heavy (non-hydrogen) atoms. The zero-order valence-electron chi connectivity index (χ0n) is 11.4. The van der Waals surface area contributed by atoms with E-state index in [-0.39, 0.29) is 11.7 Å². The maximum absolute atomic E-state index is 13.5. The highest BCUT2D eigenvalue weighted by molar-refractivity contribution is 5.85. The van der Waals surface area contributed by atoms with Crippen LogP contribution in [0.15, 0.2) is 23.4 Å². The molecule has 106 valence electrons. The average Bonchev–Trinajstić information content (AvgIpc) is 2.39. The van der Waals surface area contributed by atoms with E-state index >= 15 is 0 Å². The third kappa shape index (κ3) is 4.01. The fourth-order valence-electron chi connectivity index (χ4n) is 1.54. The summed E-state index contributed by atoms with van der Waals surface area (Å²) in [5, 5.41) is 14.6. The van der Waals surface area contributed by atoms with Crippen LogP contribution in [-0.2, 0) is 0 Å². The molecule has 0 atom stereocenters. The summed E-state index contributed by atoms with van der Waals surface area (Å²) in [6.07, 6.45) is 0.597. The first-order valence-electron chi connectivity index (χ1n) is 5.96. The molecule has 5 nitrogen and oxygen atoms in total. The second-order valence-corrected chi connectivity index (χ2v) is 4.89. The molecule has 0 aliphatic heterocycles. The second-order valence-electron chi connectivity index (χ2n) is 4.89. The van der Waals surface area contributed by atoms with Crippen molar-refractivity contribution in [1.82, 2.24) is 0 Å². The zero-order valence-corrected chi connectivity index (χ0v) is 11.4. The smallest absolute Gasteiger partial charge is 0.146 e. The van der Waals surface area contributed by atoms with Gasteiger partial charge in [-0.1, -0.05) is 19.0 Å². The van der Waals surface area contributed by atoms with Crippen molar-refractivity contribution in [2.45, 2.75) is 20.3 Å². The van der Waals surface area contributed by atoms with E-state index in [0.29, 0.717) is 24.4 Å². The Labute approximate surface area is 112 Å². The molecule has 0 radical (unpaired) electrons. The molecule has 0 fully saturated rings. The van der Waals surface area contributed by atoms with Crippen LogP contribution in [0.1, 0.15) is 20.3 Å². The van der Waals surface area contributed by atoms with Crippen LogP contribution in [0.3, 0.4) is 0 Å². The number of hydrogen-bond acceptors (Lipinski definition) is 4. The molecular weight excluding hydrogens is 249 g/mol. The molecule has 0 heterocycles. The molecular formula is C13H20FN3O2. The van der Waals surface area contributed by atoms with Crippen LogP contribution in [-0.4, -0.2) is 24.7 Å². The fourth-order valence-corrected chi connectivity index (χ4v) is 1.54. The van der Waals surface area contributed by atoms with E-state index in [1.54, 1.807) is 12.1 Å². The first kappa shape index (κ1) is 15.1. The van der Waals surface area contributed by atoms with Gasteiger partial charge in [0, 0.05) is 18.0 Å². The number of amidine groups is 1. The summed E-state index contributed by atoms with van der Waals surface area (Å²) in [5.41, 5.74) is 5.49. The molecule has 1 rings (SSSR count). The number of hydrogen-bond donors (Lipinski definition) is 3. The van der Waals surface area contributed by atoms with E-state index in [0.717, 1.165) is 0 Å². The summed E-state index contributed by atoms with van der Waals surface area (Å²) in [4.78, 5) is 0. The third-order valence-electron chi connectivity index (χ3n) is 3.04. The Morgan fingerprint density at radius 3 is 2.79 bits per heavy atom. The summed E-state index contributed by atoms with van der Waals surface area (Å²) < 4.78 is 18.6. The zero-order chi connectivity index (χ0) is 14.5. The highest BCUT2D eigenvalue weighted by Crippen LogP contribution is 2.23. The minimum atomic E-state index is -0.461. The highest BCUT2D eigenvalue weighted by atomic mass is 19.1. The summed E-state index contributed by atoms with van der Waals surface area (Å²) in [6.45, 7) is 4.20. The molecule has 0 aromatic heterocycles. The van der Waals surface area contributed by atoms with Crippen LogP contribution >= 0.6 is 0 Å². The van der Waals surface area contributed by atoms with Crippen molar-refractivity contribution >= 4 is 11.5 Å². The summed E-state index contributed by atoms with van der Waals surface area (Å²) >= 11 is 0. The lowest BCUT2D eigenvalue weighted by Crippen LogP contribution is -2.33. The first-order valence-corrected chi connectivity index (χ1v) is 5.96. The van der Waals surface area contributed by atoms with Crippen LogP contribution < -0.4 is 15.8 Å². The Hall–Kier alpha value is -1.98. The Kier molecular flexibility index (Phi) is 4.97. The normalized spacial score (nSPS) is 12.3. The Bertz CT molecular complexity index is 461. The van der Waals surface area contributed by atoms with Gasteiger partial charge in [-0.2, -0.15) is 0 Å². The van der Waals surface area contributed by atoms with Gasteiger partial charge in [-0.15, -0.1) is 0 Å². The number of rotatable bonds is 6. The van der Waals surface area contributed by atoms with E-state index < -0.39 is 5.41 Å². The van der Waals surface area contributed by atoms with Crippen molar-refractivity contribution in [2.75, 3.05) is 19.0 Å². The summed E-state index contributed by atoms with van der Waals surface area (Å²) in [7, 11) is 1.53. The van der Waals surface area contributed by atoms with Crippen molar-refractivity contribution in [3.63, 3.8) is 0 Å². The van der Waals surface area contributed by atoms with Crippen LogP contribution in [0, 0.1) is 11.2 Å². The largest absolute Gasteiger partial charge is 0.497 e. The quantitative estimate of drug-likeness (QED) is 0.321. The van der Waals surface area contributed by atoms with E-state index in [1.165, 1.54) is 13.2 Å². The molecule has 0 spiro atoms. The van der Waals surface area contributed by atoms with E-state index in [9.17, 15) is 4.39 Å². The number of ether oxygens (including phenoxy) is 1. The van der Waals surface area contributed by atoms with Gasteiger partial charge in [0.15, 0.2) is 0 Å². The van der Waals surface area contributed by atoms with Gasteiger partial charge in [0.05, 0.1) is 12.8 Å². The van der Waals surface area contributed by atoms with Gasteiger partial charge < -0.3 is 21.0 Å². The third-order valence-corrected chi connectivity index (χ3v) is 3.04. The average molecular weight is 269 g/mol. The van der Waals surface area contributed by atoms with E-state index in [4.69, 9.17) is 15.7 Å². The van der Waals surface area contributed by atoms with Crippen molar-refractivity contribution in [3.05, 3.63) is 24.0 Å². The standard InChI is InChI=1S/C13H20FN3O2/c1-13(2,12(15)17-18)6-7-16-11-8-9(19-3)4-5-10(11)14/h4-5,8,16,18H,6-7H2,1-3H3,(H2,15,17). The molecule has 0 unspecified atom stereocenters. The number of anilines is 1.